The zero-order chi connectivity index (χ0) is 14.7. The van der Waals surface area contributed by atoms with Gasteiger partial charge in [0, 0.05) is 18.4 Å². The number of hydrogen-bond acceptors (Lipinski definition) is 4. The van der Waals surface area contributed by atoms with Gasteiger partial charge in [-0.1, -0.05) is 30.1 Å². The van der Waals surface area contributed by atoms with Gasteiger partial charge in [-0.05, 0) is 25.0 Å². The van der Waals surface area contributed by atoms with Gasteiger partial charge in [-0.15, -0.1) is 0 Å². The van der Waals surface area contributed by atoms with Gasteiger partial charge in [0.1, 0.15) is 11.9 Å². The average Bonchev–Trinajstić information content (AvgIpc) is 2.94. The second-order valence-electron chi connectivity index (χ2n) is 5.98. The molecule has 1 aliphatic heterocycles. The van der Waals surface area contributed by atoms with Gasteiger partial charge in [-0.2, -0.15) is 0 Å². The Bertz CT molecular complexity index is 524. The molecule has 3 rings (SSSR count). The first-order chi connectivity index (χ1) is 10.2. The van der Waals surface area contributed by atoms with Gasteiger partial charge >= 0.3 is 0 Å². The van der Waals surface area contributed by atoms with E-state index in [1.54, 1.807) is 6.07 Å². The summed E-state index contributed by atoms with van der Waals surface area (Å²) in [4.78, 5) is 0. The van der Waals surface area contributed by atoms with Crippen LogP contribution in [0.4, 0.5) is 0 Å². The Morgan fingerprint density at radius 3 is 2.95 bits per heavy atom. The number of hydrogen-bond donors (Lipinski definition) is 2. The molecule has 1 saturated carbocycles. The Kier molecular flexibility index (Phi) is 4.01. The van der Waals surface area contributed by atoms with Crippen molar-refractivity contribution in [3.63, 3.8) is 0 Å². The van der Waals surface area contributed by atoms with Crippen LogP contribution in [0.1, 0.15) is 44.1 Å². The highest BCUT2D eigenvalue weighted by molar-refractivity contribution is 5.97. The van der Waals surface area contributed by atoms with E-state index in [2.05, 4.69) is 5.16 Å². The van der Waals surface area contributed by atoms with E-state index in [9.17, 15) is 0 Å². The molecular weight excluding hydrogens is 268 g/mol. The van der Waals surface area contributed by atoms with Crippen molar-refractivity contribution in [1.29, 1.82) is 0 Å². The Morgan fingerprint density at radius 2 is 2.19 bits per heavy atom. The second-order valence-corrected chi connectivity index (χ2v) is 5.98. The molecule has 1 spiro atoms. The standard InChI is InChI=1S/C16H22N2O3/c17-15(18-19)12-4-3-5-13(10-12)21-14-6-9-20-16(11-14)7-1-2-8-16/h3-5,10,14,19H,1-2,6-9,11H2,(H2,17,18). The molecule has 2 aliphatic rings. The number of nitrogens with zero attached hydrogens (tertiary/aromatic N) is 1. The molecule has 0 aromatic heterocycles. The third-order valence-electron chi connectivity index (χ3n) is 4.50. The molecule has 1 aliphatic carbocycles. The summed E-state index contributed by atoms with van der Waals surface area (Å²) in [6, 6.07) is 7.37. The summed E-state index contributed by atoms with van der Waals surface area (Å²) < 4.78 is 12.1. The Labute approximate surface area is 124 Å². The predicted octanol–water partition coefficient (Wildman–Crippen LogP) is 2.65. The largest absolute Gasteiger partial charge is 0.490 e. The van der Waals surface area contributed by atoms with Crippen LogP contribution < -0.4 is 10.5 Å². The summed E-state index contributed by atoms with van der Waals surface area (Å²) in [7, 11) is 0. The van der Waals surface area contributed by atoms with Gasteiger partial charge in [-0.25, -0.2) is 0 Å². The van der Waals surface area contributed by atoms with Gasteiger partial charge in [0.2, 0.25) is 0 Å². The highest BCUT2D eigenvalue weighted by Gasteiger charge is 2.40. The van der Waals surface area contributed by atoms with Crippen molar-refractivity contribution in [2.24, 2.45) is 10.9 Å². The van der Waals surface area contributed by atoms with Crippen molar-refractivity contribution in [1.82, 2.24) is 0 Å². The number of benzene rings is 1. The molecule has 0 radical (unpaired) electrons. The molecule has 5 nitrogen and oxygen atoms in total. The normalized spacial score (nSPS) is 25.1. The van der Waals surface area contributed by atoms with Crippen LogP contribution in [-0.4, -0.2) is 29.4 Å². The molecule has 1 atom stereocenters. The predicted molar refractivity (Wildman–Crippen MR) is 79.8 cm³/mol. The number of amidine groups is 1. The van der Waals surface area contributed by atoms with Crippen LogP contribution in [0.15, 0.2) is 29.4 Å². The molecule has 1 aromatic carbocycles. The van der Waals surface area contributed by atoms with Crippen LogP contribution in [0.5, 0.6) is 5.75 Å². The average molecular weight is 290 g/mol. The maximum atomic E-state index is 8.75. The third-order valence-corrected chi connectivity index (χ3v) is 4.50. The fourth-order valence-electron chi connectivity index (χ4n) is 3.43. The molecule has 21 heavy (non-hydrogen) atoms. The maximum absolute atomic E-state index is 8.75. The summed E-state index contributed by atoms with van der Waals surface area (Å²) in [6.07, 6.45) is 6.86. The maximum Gasteiger partial charge on any atom is 0.170 e. The molecular formula is C16H22N2O3. The van der Waals surface area contributed by atoms with Crippen molar-refractivity contribution in [3.8, 4) is 5.75 Å². The molecule has 0 amide bonds. The van der Waals surface area contributed by atoms with E-state index in [0.29, 0.717) is 5.56 Å². The minimum Gasteiger partial charge on any atom is -0.490 e. The number of ether oxygens (including phenoxy) is 2. The van der Waals surface area contributed by atoms with Crippen molar-refractivity contribution in [3.05, 3.63) is 29.8 Å². The fourth-order valence-corrected chi connectivity index (χ4v) is 3.43. The van der Waals surface area contributed by atoms with E-state index in [1.807, 2.05) is 18.2 Å². The van der Waals surface area contributed by atoms with Gasteiger partial charge in [0.15, 0.2) is 5.84 Å². The van der Waals surface area contributed by atoms with Crippen LogP contribution >= 0.6 is 0 Å². The number of oxime groups is 1. The first kappa shape index (κ1) is 14.2. The van der Waals surface area contributed by atoms with Gasteiger partial charge in [0.25, 0.3) is 0 Å². The Morgan fingerprint density at radius 1 is 1.38 bits per heavy atom. The van der Waals surface area contributed by atoms with E-state index < -0.39 is 0 Å². The van der Waals surface area contributed by atoms with Gasteiger partial charge < -0.3 is 20.4 Å². The van der Waals surface area contributed by atoms with E-state index in [4.69, 9.17) is 20.4 Å². The van der Waals surface area contributed by atoms with E-state index in [-0.39, 0.29) is 17.5 Å². The quantitative estimate of drug-likeness (QED) is 0.388. The molecule has 114 valence electrons. The summed E-state index contributed by atoms with van der Waals surface area (Å²) in [5.41, 5.74) is 6.33. The summed E-state index contributed by atoms with van der Waals surface area (Å²) in [5, 5.41) is 11.8. The lowest BCUT2D eigenvalue weighted by atomic mass is 9.90. The lowest BCUT2D eigenvalue weighted by molar-refractivity contribution is -0.108. The molecule has 1 saturated heterocycles. The molecule has 0 bridgehead atoms. The Hall–Kier alpha value is -1.75. The van der Waals surface area contributed by atoms with Crippen LogP contribution in [-0.2, 0) is 4.74 Å². The first-order valence-electron chi connectivity index (χ1n) is 7.59. The van der Waals surface area contributed by atoms with Crippen molar-refractivity contribution >= 4 is 5.84 Å². The van der Waals surface area contributed by atoms with Gasteiger partial charge in [-0.3, -0.25) is 0 Å². The smallest absolute Gasteiger partial charge is 0.170 e. The zero-order valence-corrected chi connectivity index (χ0v) is 12.1. The highest BCUT2D eigenvalue weighted by atomic mass is 16.5. The molecule has 1 heterocycles. The van der Waals surface area contributed by atoms with E-state index >= 15 is 0 Å². The monoisotopic (exact) mass is 290 g/mol. The molecule has 5 heteroatoms. The molecule has 3 N–H and O–H groups in total. The number of nitrogens with two attached hydrogens (primary N) is 1. The first-order valence-corrected chi connectivity index (χ1v) is 7.59. The summed E-state index contributed by atoms with van der Waals surface area (Å²) in [5.74, 6) is 0.860. The Balaban J connectivity index is 1.68. The molecule has 2 fully saturated rings. The van der Waals surface area contributed by atoms with Crippen molar-refractivity contribution < 1.29 is 14.7 Å². The van der Waals surface area contributed by atoms with Crippen LogP contribution in [0, 0.1) is 0 Å². The third kappa shape index (κ3) is 3.13. The minimum absolute atomic E-state index is 0.0477. The summed E-state index contributed by atoms with van der Waals surface area (Å²) in [6.45, 7) is 0.768. The lowest BCUT2D eigenvalue weighted by Crippen LogP contribution is -2.41. The van der Waals surface area contributed by atoms with Crippen molar-refractivity contribution in [2.75, 3.05) is 6.61 Å². The SMILES string of the molecule is N/C(=N/O)c1cccc(OC2CCOC3(CCCC3)C2)c1. The lowest BCUT2D eigenvalue weighted by Gasteiger charge is -2.38. The number of rotatable bonds is 3. The highest BCUT2D eigenvalue weighted by Crippen LogP contribution is 2.40. The second kappa shape index (κ2) is 5.93. The van der Waals surface area contributed by atoms with E-state index in [0.717, 1.165) is 38.0 Å². The van der Waals surface area contributed by atoms with E-state index in [1.165, 1.54) is 12.8 Å². The van der Waals surface area contributed by atoms with Crippen LogP contribution in [0.3, 0.4) is 0 Å². The van der Waals surface area contributed by atoms with Crippen molar-refractivity contribution in [2.45, 2.75) is 50.2 Å². The topological polar surface area (TPSA) is 77.1 Å². The van der Waals surface area contributed by atoms with Gasteiger partial charge in [0.05, 0.1) is 12.2 Å². The minimum atomic E-state index is 0.0477. The fraction of sp³-hybridized carbons (Fsp3) is 0.562. The van der Waals surface area contributed by atoms with Crippen LogP contribution in [0.25, 0.3) is 0 Å². The van der Waals surface area contributed by atoms with Crippen LogP contribution in [0.2, 0.25) is 0 Å². The zero-order valence-electron chi connectivity index (χ0n) is 12.1. The summed E-state index contributed by atoms with van der Waals surface area (Å²) >= 11 is 0. The molecule has 1 aromatic rings. The molecule has 1 unspecified atom stereocenters.